The Balaban J connectivity index is 2.70. The lowest BCUT2D eigenvalue weighted by Crippen LogP contribution is -2.14. The number of nitrogens with two attached hydrogens (primary N) is 1. The van der Waals surface area contributed by atoms with E-state index in [1.54, 1.807) is 0 Å². The zero-order chi connectivity index (χ0) is 9.90. The molecule has 0 unspecified atom stereocenters. The molecule has 3 nitrogen and oxygen atoms in total. The van der Waals surface area contributed by atoms with Gasteiger partial charge in [-0.05, 0) is 0 Å². The van der Waals surface area contributed by atoms with E-state index in [4.69, 9.17) is 5.73 Å². The Bertz CT molecular complexity index is 267. The molecule has 0 atom stereocenters. The van der Waals surface area contributed by atoms with Crippen molar-refractivity contribution in [2.75, 3.05) is 0 Å². The fourth-order valence-electron chi connectivity index (χ4n) is 0.757. The summed E-state index contributed by atoms with van der Waals surface area (Å²) in [6, 6.07) is 0. The molecular weight excluding hydrogens is 183 g/mol. The minimum absolute atomic E-state index is 0.228. The number of halogens is 3. The van der Waals surface area contributed by atoms with Gasteiger partial charge in [-0.3, -0.25) is 0 Å². The van der Waals surface area contributed by atoms with Gasteiger partial charge in [0, 0.05) is 24.5 Å². The fraction of sp³-hybridized carbons (Fsp3) is 0.429. The van der Waals surface area contributed by atoms with Crippen molar-refractivity contribution in [3.05, 3.63) is 23.8 Å². The van der Waals surface area contributed by atoms with Gasteiger partial charge < -0.3 is 5.73 Å². The van der Waals surface area contributed by atoms with Crippen LogP contribution in [-0.2, 0) is 13.0 Å². The summed E-state index contributed by atoms with van der Waals surface area (Å²) >= 11 is 0. The lowest BCUT2D eigenvalue weighted by Gasteiger charge is -2.04. The molecule has 1 aromatic heterocycles. The van der Waals surface area contributed by atoms with Crippen molar-refractivity contribution in [3.63, 3.8) is 0 Å². The molecule has 0 fully saturated rings. The number of alkyl halides is 3. The summed E-state index contributed by atoms with van der Waals surface area (Å²) in [7, 11) is 0. The van der Waals surface area contributed by atoms with Crippen molar-refractivity contribution < 1.29 is 13.2 Å². The summed E-state index contributed by atoms with van der Waals surface area (Å²) < 4.78 is 35.5. The van der Waals surface area contributed by atoms with Crippen LogP contribution in [0.5, 0.6) is 0 Å². The highest BCUT2D eigenvalue weighted by atomic mass is 19.4. The molecule has 2 N–H and O–H groups in total. The van der Waals surface area contributed by atoms with Gasteiger partial charge in [0.15, 0.2) is 0 Å². The molecule has 0 aliphatic heterocycles. The van der Waals surface area contributed by atoms with Crippen molar-refractivity contribution in [3.8, 4) is 0 Å². The van der Waals surface area contributed by atoms with Gasteiger partial charge in [-0.2, -0.15) is 13.2 Å². The van der Waals surface area contributed by atoms with E-state index in [0.717, 1.165) is 0 Å². The van der Waals surface area contributed by atoms with Crippen LogP contribution in [-0.4, -0.2) is 16.1 Å². The molecule has 0 saturated carbocycles. The Morgan fingerprint density at radius 1 is 1.23 bits per heavy atom. The molecule has 0 bridgehead atoms. The standard InChI is InChI=1S/C7H8F3N3/c8-7(9,10)1-6-12-3-5(2-11)4-13-6/h3-4H,1-2,11H2. The van der Waals surface area contributed by atoms with Crippen molar-refractivity contribution in [1.82, 2.24) is 9.97 Å². The van der Waals surface area contributed by atoms with Crippen molar-refractivity contribution in [2.24, 2.45) is 5.73 Å². The molecule has 0 spiro atoms. The first-order valence-corrected chi connectivity index (χ1v) is 3.58. The molecule has 1 rings (SSSR count). The van der Waals surface area contributed by atoms with E-state index in [-0.39, 0.29) is 12.4 Å². The van der Waals surface area contributed by atoms with Crippen molar-refractivity contribution in [1.29, 1.82) is 0 Å². The number of nitrogens with zero attached hydrogens (tertiary/aromatic N) is 2. The quantitative estimate of drug-likeness (QED) is 0.759. The highest BCUT2D eigenvalue weighted by molar-refractivity contribution is 5.04. The van der Waals surface area contributed by atoms with Gasteiger partial charge in [0.1, 0.15) is 12.2 Å². The van der Waals surface area contributed by atoms with Gasteiger partial charge in [0.2, 0.25) is 0 Å². The fourth-order valence-corrected chi connectivity index (χ4v) is 0.757. The highest BCUT2D eigenvalue weighted by Gasteiger charge is 2.29. The minimum Gasteiger partial charge on any atom is -0.326 e. The third-order valence-electron chi connectivity index (χ3n) is 1.35. The molecule has 0 aliphatic carbocycles. The Morgan fingerprint density at radius 2 is 1.77 bits per heavy atom. The molecule has 72 valence electrons. The smallest absolute Gasteiger partial charge is 0.326 e. The third kappa shape index (κ3) is 3.37. The molecule has 1 aromatic rings. The maximum absolute atomic E-state index is 11.8. The normalized spacial score (nSPS) is 11.7. The second-order valence-corrected chi connectivity index (χ2v) is 2.50. The zero-order valence-electron chi connectivity index (χ0n) is 6.67. The Kier molecular flexibility index (Phi) is 2.82. The molecule has 0 saturated heterocycles. The summed E-state index contributed by atoms with van der Waals surface area (Å²) in [6.45, 7) is 0.228. The molecule has 1 heterocycles. The molecule has 6 heteroatoms. The van der Waals surface area contributed by atoms with Crippen LogP contribution in [0.3, 0.4) is 0 Å². The number of aromatic nitrogens is 2. The van der Waals surface area contributed by atoms with Crippen LogP contribution >= 0.6 is 0 Å². The van der Waals surface area contributed by atoms with Gasteiger partial charge in [0.05, 0.1) is 0 Å². The number of rotatable bonds is 2. The van der Waals surface area contributed by atoms with Crippen LogP contribution in [0, 0.1) is 0 Å². The van der Waals surface area contributed by atoms with Crippen LogP contribution in [0.15, 0.2) is 12.4 Å². The van der Waals surface area contributed by atoms with E-state index in [9.17, 15) is 13.2 Å². The van der Waals surface area contributed by atoms with Crippen molar-refractivity contribution in [2.45, 2.75) is 19.1 Å². The zero-order valence-corrected chi connectivity index (χ0v) is 6.67. The van der Waals surface area contributed by atoms with E-state index in [2.05, 4.69) is 9.97 Å². The molecule has 0 aliphatic rings. The van der Waals surface area contributed by atoms with E-state index in [1.165, 1.54) is 12.4 Å². The summed E-state index contributed by atoms with van der Waals surface area (Å²) in [5.41, 5.74) is 5.84. The highest BCUT2D eigenvalue weighted by Crippen LogP contribution is 2.18. The van der Waals surface area contributed by atoms with Gasteiger partial charge in [-0.1, -0.05) is 0 Å². The number of hydrogen-bond donors (Lipinski definition) is 1. The molecule has 0 amide bonds. The lowest BCUT2D eigenvalue weighted by atomic mass is 10.3. The Morgan fingerprint density at radius 3 is 2.15 bits per heavy atom. The van der Waals surface area contributed by atoms with Gasteiger partial charge in [0.25, 0.3) is 0 Å². The Labute approximate surface area is 72.8 Å². The average molecular weight is 191 g/mol. The summed E-state index contributed by atoms with van der Waals surface area (Å²) in [5.74, 6) is -0.232. The summed E-state index contributed by atoms with van der Waals surface area (Å²) in [5, 5.41) is 0. The Hall–Kier alpha value is -1.17. The number of hydrogen-bond acceptors (Lipinski definition) is 3. The van der Waals surface area contributed by atoms with E-state index in [1.807, 2.05) is 0 Å². The molecule has 0 aromatic carbocycles. The maximum Gasteiger partial charge on any atom is 0.396 e. The lowest BCUT2D eigenvalue weighted by molar-refractivity contribution is -0.128. The van der Waals surface area contributed by atoms with Crippen LogP contribution in [0.4, 0.5) is 13.2 Å². The van der Waals surface area contributed by atoms with E-state index in [0.29, 0.717) is 5.56 Å². The summed E-state index contributed by atoms with van der Waals surface area (Å²) in [4.78, 5) is 7.05. The van der Waals surface area contributed by atoms with Crippen LogP contribution < -0.4 is 5.73 Å². The predicted octanol–water partition coefficient (Wildman–Crippen LogP) is 1.04. The predicted molar refractivity (Wildman–Crippen MR) is 39.7 cm³/mol. The average Bonchev–Trinajstić information content (AvgIpc) is 2.03. The van der Waals surface area contributed by atoms with E-state index >= 15 is 0 Å². The van der Waals surface area contributed by atoms with Crippen molar-refractivity contribution >= 4 is 0 Å². The first-order chi connectivity index (χ1) is 6.01. The molecule has 0 radical (unpaired) electrons. The van der Waals surface area contributed by atoms with Gasteiger partial charge in [-0.15, -0.1) is 0 Å². The first-order valence-electron chi connectivity index (χ1n) is 3.58. The van der Waals surface area contributed by atoms with Crippen LogP contribution in [0.2, 0.25) is 0 Å². The second kappa shape index (κ2) is 3.69. The van der Waals surface area contributed by atoms with Crippen LogP contribution in [0.25, 0.3) is 0 Å². The third-order valence-corrected chi connectivity index (χ3v) is 1.35. The molecular formula is C7H8F3N3. The monoisotopic (exact) mass is 191 g/mol. The van der Waals surface area contributed by atoms with Gasteiger partial charge in [-0.25, -0.2) is 9.97 Å². The second-order valence-electron chi connectivity index (χ2n) is 2.50. The first kappa shape index (κ1) is 9.91. The minimum atomic E-state index is -4.26. The van der Waals surface area contributed by atoms with Gasteiger partial charge >= 0.3 is 6.18 Å². The topological polar surface area (TPSA) is 51.8 Å². The SMILES string of the molecule is NCc1cnc(CC(F)(F)F)nc1. The molecule has 13 heavy (non-hydrogen) atoms. The van der Waals surface area contributed by atoms with Crippen LogP contribution in [0.1, 0.15) is 11.4 Å². The largest absolute Gasteiger partial charge is 0.396 e. The summed E-state index contributed by atoms with van der Waals surface area (Å²) in [6.07, 6.45) is -2.76. The maximum atomic E-state index is 11.8. The van der Waals surface area contributed by atoms with E-state index < -0.39 is 12.6 Å².